The normalized spacial score (nSPS) is 10.5. The first-order chi connectivity index (χ1) is 11.6. The van der Waals surface area contributed by atoms with Crippen LogP contribution in [-0.4, -0.2) is 22.1 Å². The van der Waals surface area contributed by atoms with Crippen LogP contribution in [0.4, 0.5) is 28.1 Å². The summed E-state index contributed by atoms with van der Waals surface area (Å²) in [7, 11) is 1.62. The molecule has 0 saturated carbocycles. The van der Waals surface area contributed by atoms with Crippen LogP contribution in [-0.2, 0) is 0 Å². The maximum absolute atomic E-state index is 6.20. The van der Waals surface area contributed by atoms with Crippen molar-refractivity contribution in [2.24, 2.45) is 0 Å². The summed E-state index contributed by atoms with van der Waals surface area (Å²) in [4.78, 5) is 14.0. The molecular formula is C16H18N6OS. The summed E-state index contributed by atoms with van der Waals surface area (Å²) in [5.74, 6) is 1.72. The minimum Gasteiger partial charge on any atom is -0.495 e. The molecule has 8 heteroatoms. The third-order valence-electron chi connectivity index (χ3n) is 3.50. The van der Waals surface area contributed by atoms with Gasteiger partial charge in [0, 0.05) is 4.88 Å². The molecule has 3 rings (SSSR count). The molecule has 2 heterocycles. The van der Waals surface area contributed by atoms with Crippen LogP contribution >= 0.6 is 11.3 Å². The lowest BCUT2D eigenvalue weighted by Gasteiger charge is -2.13. The van der Waals surface area contributed by atoms with E-state index in [4.69, 9.17) is 10.5 Å². The molecule has 7 nitrogen and oxygen atoms in total. The molecule has 0 radical (unpaired) electrons. The number of anilines is 5. The standard InChI is InChI=1S/C16H18N6OS/c1-9-10(2)24-16(20-9)22-15-13(17)14(18-8-19-15)21-11-6-4-5-7-12(11)23-3/h4-8H,17H2,1-3H3,(H2,18,19,20,21,22). The van der Waals surface area contributed by atoms with Gasteiger partial charge in [0.25, 0.3) is 0 Å². The number of ether oxygens (including phenoxy) is 1. The summed E-state index contributed by atoms with van der Waals surface area (Å²) < 4.78 is 5.33. The smallest absolute Gasteiger partial charge is 0.188 e. The van der Waals surface area contributed by atoms with Gasteiger partial charge in [-0.25, -0.2) is 15.0 Å². The first kappa shape index (κ1) is 16.0. The van der Waals surface area contributed by atoms with E-state index in [2.05, 4.69) is 25.6 Å². The van der Waals surface area contributed by atoms with Gasteiger partial charge in [-0.15, -0.1) is 11.3 Å². The van der Waals surface area contributed by atoms with E-state index < -0.39 is 0 Å². The van der Waals surface area contributed by atoms with E-state index in [1.165, 1.54) is 6.33 Å². The second kappa shape index (κ2) is 6.71. The number of hydrogen-bond acceptors (Lipinski definition) is 8. The Hall–Kier alpha value is -2.87. The van der Waals surface area contributed by atoms with Crippen molar-refractivity contribution in [1.29, 1.82) is 0 Å². The number of rotatable bonds is 5. The fourth-order valence-corrected chi connectivity index (χ4v) is 2.91. The minimum absolute atomic E-state index is 0.411. The van der Waals surface area contributed by atoms with E-state index in [9.17, 15) is 0 Å². The largest absolute Gasteiger partial charge is 0.495 e. The highest BCUT2D eigenvalue weighted by molar-refractivity contribution is 7.15. The minimum atomic E-state index is 0.411. The average Bonchev–Trinajstić information content (AvgIpc) is 2.89. The highest BCUT2D eigenvalue weighted by Crippen LogP contribution is 2.32. The fraction of sp³-hybridized carbons (Fsp3) is 0.188. The predicted octanol–water partition coefficient (Wildman–Crippen LogP) is 3.63. The molecule has 0 unspecified atom stereocenters. The number of nitrogens with two attached hydrogens (primary N) is 1. The highest BCUT2D eigenvalue weighted by atomic mass is 32.1. The summed E-state index contributed by atoms with van der Waals surface area (Å²) in [6, 6.07) is 7.55. The summed E-state index contributed by atoms with van der Waals surface area (Å²) in [5, 5.41) is 7.07. The molecule has 0 spiro atoms. The number of nitrogen functional groups attached to an aromatic ring is 1. The number of thiazole rings is 1. The van der Waals surface area contributed by atoms with Crippen molar-refractivity contribution in [1.82, 2.24) is 15.0 Å². The molecule has 2 aromatic heterocycles. The van der Waals surface area contributed by atoms with Gasteiger partial charge in [0.05, 0.1) is 18.5 Å². The van der Waals surface area contributed by atoms with Crippen molar-refractivity contribution in [2.75, 3.05) is 23.5 Å². The molecule has 1 aromatic carbocycles. The SMILES string of the molecule is COc1ccccc1Nc1ncnc(Nc2nc(C)c(C)s2)c1N. The number of para-hydroxylation sites is 2. The molecule has 0 atom stereocenters. The summed E-state index contributed by atoms with van der Waals surface area (Å²) >= 11 is 1.56. The molecular weight excluding hydrogens is 324 g/mol. The lowest BCUT2D eigenvalue weighted by molar-refractivity contribution is 0.417. The van der Waals surface area contributed by atoms with Gasteiger partial charge < -0.3 is 21.1 Å². The number of nitrogens with one attached hydrogen (secondary N) is 2. The number of benzene rings is 1. The molecule has 124 valence electrons. The number of hydrogen-bond donors (Lipinski definition) is 3. The zero-order valence-electron chi connectivity index (χ0n) is 13.6. The Labute approximate surface area is 143 Å². The van der Waals surface area contributed by atoms with E-state index in [1.807, 2.05) is 38.1 Å². The predicted molar refractivity (Wildman–Crippen MR) is 97.6 cm³/mol. The van der Waals surface area contributed by atoms with Gasteiger partial charge in [-0.2, -0.15) is 0 Å². The van der Waals surface area contributed by atoms with Crippen LogP contribution in [0.25, 0.3) is 0 Å². The summed E-state index contributed by atoms with van der Waals surface area (Å²) in [5.41, 5.74) is 8.38. The Morgan fingerprint density at radius 3 is 2.46 bits per heavy atom. The molecule has 24 heavy (non-hydrogen) atoms. The lowest BCUT2D eigenvalue weighted by Crippen LogP contribution is -2.05. The van der Waals surface area contributed by atoms with Gasteiger partial charge in [0.2, 0.25) is 0 Å². The van der Waals surface area contributed by atoms with E-state index >= 15 is 0 Å². The topological polar surface area (TPSA) is 98.0 Å². The fourth-order valence-electron chi connectivity index (χ4n) is 2.10. The van der Waals surface area contributed by atoms with Gasteiger partial charge in [-0.1, -0.05) is 12.1 Å². The molecule has 4 N–H and O–H groups in total. The van der Waals surface area contributed by atoms with Crippen LogP contribution in [0.2, 0.25) is 0 Å². The monoisotopic (exact) mass is 342 g/mol. The Morgan fingerprint density at radius 2 is 1.79 bits per heavy atom. The molecule has 0 saturated heterocycles. The van der Waals surface area contributed by atoms with Crippen LogP contribution in [0.1, 0.15) is 10.6 Å². The molecule has 0 aliphatic rings. The number of aryl methyl sites for hydroxylation is 2. The molecule has 0 aliphatic heterocycles. The third kappa shape index (κ3) is 3.23. The van der Waals surface area contributed by atoms with Crippen molar-refractivity contribution >= 4 is 39.5 Å². The number of methoxy groups -OCH3 is 1. The van der Waals surface area contributed by atoms with Crippen LogP contribution in [0.3, 0.4) is 0 Å². The molecule has 0 fully saturated rings. The molecule has 0 aliphatic carbocycles. The van der Waals surface area contributed by atoms with Gasteiger partial charge in [-0.3, -0.25) is 0 Å². The molecule has 0 bridgehead atoms. The molecule has 3 aromatic rings. The average molecular weight is 342 g/mol. The molecule has 0 amide bonds. The van der Waals surface area contributed by atoms with Gasteiger partial charge in [0.1, 0.15) is 17.8 Å². The summed E-state index contributed by atoms with van der Waals surface area (Å²) in [6.45, 7) is 3.99. The van der Waals surface area contributed by atoms with Gasteiger partial charge in [-0.05, 0) is 26.0 Å². The maximum Gasteiger partial charge on any atom is 0.188 e. The zero-order valence-corrected chi connectivity index (χ0v) is 14.4. The Kier molecular flexibility index (Phi) is 4.48. The van der Waals surface area contributed by atoms with Crippen LogP contribution in [0.15, 0.2) is 30.6 Å². The van der Waals surface area contributed by atoms with E-state index in [-0.39, 0.29) is 0 Å². The Balaban J connectivity index is 1.88. The number of nitrogens with zero attached hydrogens (tertiary/aromatic N) is 3. The van der Waals surface area contributed by atoms with Crippen LogP contribution in [0, 0.1) is 13.8 Å². The first-order valence-electron chi connectivity index (χ1n) is 7.30. The van der Waals surface area contributed by atoms with Crippen molar-refractivity contribution in [2.45, 2.75) is 13.8 Å². The highest BCUT2D eigenvalue weighted by Gasteiger charge is 2.12. The first-order valence-corrected chi connectivity index (χ1v) is 8.11. The van der Waals surface area contributed by atoms with E-state index in [0.29, 0.717) is 23.1 Å². The Bertz CT molecular complexity index is 844. The Morgan fingerprint density at radius 1 is 1.08 bits per heavy atom. The van der Waals surface area contributed by atoms with Crippen molar-refractivity contribution < 1.29 is 4.74 Å². The second-order valence-corrected chi connectivity index (χ2v) is 6.30. The van der Waals surface area contributed by atoms with Crippen molar-refractivity contribution in [3.8, 4) is 5.75 Å². The van der Waals surface area contributed by atoms with E-state index in [0.717, 1.165) is 21.4 Å². The second-order valence-electron chi connectivity index (χ2n) is 5.10. The van der Waals surface area contributed by atoms with Crippen LogP contribution < -0.4 is 21.1 Å². The summed E-state index contributed by atoms with van der Waals surface area (Å²) in [6.07, 6.45) is 1.45. The lowest BCUT2D eigenvalue weighted by atomic mass is 10.3. The van der Waals surface area contributed by atoms with E-state index in [1.54, 1.807) is 18.4 Å². The maximum atomic E-state index is 6.20. The van der Waals surface area contributed by atoms with Crippen molar-refractivity contribution in [3.05, 3.63) is 41.2 Å². The third-order valence-corrected chi connectivity index (χ3v) is 4.49. The van der Waals surface area contributed by atoms with Gasteiger partial charge in [0.15, 0.2) is 16.8 Å². The van der Waals surface area contributed by atoms with Gasteiger partial charge >= 0.3 is 0 Å². The zero-order chi connectivity index (χ0) is 17.1. The van der Waals surface area contributed by atoms with Crippen molar-refractivity contribution in [3.63, 3.8) is 0 Å². The number of aromatic nitrogens is 3. The quantitative estimate of drug-likeness (QED) is 0.651. The van der Waals surface area contributed by atoms with Crippen LogP contribution in [0.5, 0.6) is 5.75 Å².